The van der Waals surface area contributed by atoms with Gasteiger partial charge in [0, 0.05) is 29.1 Å². The van der Waals surface area contributed by atoms with Crippen LogP contribution in [-0.4, -0.2) is 27.8 Å². The Bertz CT molecular complexity index is 1110. The number of nitrogens with zero attached hydrogens (tertiary/aromatic N) is 2. The van der Waals surface area contributed by atoms with Crippen LogP contribution in [0.4, 0.5) is 0 Å². The summed E-state index contributed by atoms with van der Waals surface area (Å²) in [5.41, 5.74) is 6.50. The van der Waals surface area contributed by atoms with Crippen molar-refractivity contribution >= 4 is 16.9 Å². The van der Waals surface area contributed by atoms with E-state index in [1.54, 1.807) is 0 Å². The molecule has 0 atom stereocenters. The Morgan fingerprint density at radius 1 is 1.12 bits per heavy atom. The Morgan fingerprint density at radius 3 is 2.62 bits per heavy atom. The van der Waals surface area contributed by atoms with Crippen molar-refractivity contribution in [1.29, 1.82) is 0 Å². The van der Waals surface area contributed by atoms with Gasteiger partial charge < -0.3 is 9.72 Å². The van der Waals surface area contributed by atoms with Gasteiger partial charge in [0.05, 0.1) is 24.0 Å². The summed E-state index contributed by atoms with van der Waals surface area (Å²) >= 11 is 0. The number of aryl methyl sites for hydroxylation is 2. The summed E-state index contributed by atoms with van der Waals surface area (Å²) in [4.78, 5) is 15.1. The number of carbonyl (C=O) groups excluding carboxylic acids is 1. The molecule has 2 aromatic carbocycles. The first kappa shape index (κ1) is 16.1. The van der Waals surface area contributed by atoms with E-state index in [-0.39, 0.29) is 5.97 Å². The van der Waals surface area contributed by atoms with Crippen LogP contribution < -0.4 is 0 Å². The molecule has 0 aliphatic carbocycles. The molecule has 5 nitrogen and oxygen atoms in total. The molecule has 0 fully saturated rings. The molecular weight excluding hydrogens is 326 g/mol. The van der Waals surface area contributed by atoms with Crippen molar-refractivity contribution < 1.29 is 9.53 Å². The van der Waals surface area contributed by atoms with Gasteiger partial charge >= 0.3 is 5.97 Å². The zero-order chi connectivity index (χ0) is 18.3. The van der Waals surface area contributed by atoms with E-state index in [2.05, 4.69) is 28.3 Å². The topological polar surface area (TPSA) is 59.9 Å². The molecule has 4 rings (SSSR count). The normalized spacial score (nSPS) is 11.0. The Hall–Kier alpha value is -3.34. The first-order valence-electron chi connectivity index (χ1n) is 8.39. The van der Waals surface area contributed by atoms with Crippen LogP contribution >= 0.6 is 0 Å². The Morgan fingerprint density at radius 2 is 1.88 bits per heavy atom. The first-order valence-corrected chi connectivity index (χ1v) is 8.39. The monoisotopic (exact) mass is 345 g/mol. The molecule has 0 bridgehead atoms. The van der Waals surface area contributed by atoms with E-state index in [0.717, 1.165) is 39.0 Å². The van der Waals surface area contributed by atoms with Gasteiger partial charge in [0.25, 0.3) is 0 Å². The minimum Gasteiger partial charge on any atom is -0.464 e. The third kappa shape index (κ3) is 2.49. The summed E-state index contributed by atoms with van der Waals surface area (Å²) in [6, 6.07) is 18.0. The molecular formula is C21H19N3O2. The Kier molecular flexibility index (Phi) is 3.84. The summed E-state index contributed by atoms with van der Waals surface area (Å²) in [5.74, 6) is -0.377. The van der Waals surface area contributed by atoms with Crippen LogP contribution in [0.1, 0.15) is 16.2 Å². The first-order chi connectivity index (χ1) is 12.6. The van der Waals surface area contributed by atoms with Crippen molar-refractivity contribution in [2.75, 3.05) is 7.11 Å². The van der Waals surface area contributed by atoms with E-state index in [9.17, 15) is 4.79 Å². The number of carbonyl (C=O) groups is 1. The zero-order valence-corrected chi connectivity index (χ0v) is 14.9. The summed E-state index contributed by atoms with van der Waals surface area (Å²) in [6.07, 6.45) is 0. The van der Waals surface area contributed by atoms with Gasteiger partial charge in [-0.2, -0.15) is 5.10 Å². The average molecular weight is 345 g/mol. The quantitative estimate of drug-likeness (QED) is 0.562. The standard InChI is InChI=1S/C21H19N3O2/c1-13-18(20(24(2)23-13)14-8-5-4-6-9-14)16-11-7-10-15-12-17(21(25)26-3)22-19(15)16/h4-12,22H,1-3H3. The predicted octanol–water partition coefficient (Wildman–Crippen LogP) is 4.33. The van der Waals surface area contributed by atoms with Crippen LogP contribution in [0.15, 0.2) is 54.6 Å². The molecule has 0 saturated carbocycles. The van der Waals surface area contributed by atoms with Crippen molar-refractivity contribution in [1.82, 2.24) is 14.8 Å². The van der Waals surface area contributed by atoms with Crippen LogP contribution in [0.5, 0.6) is 0 Å². The van der Waals surface area contributed by atoms with Crippen LogP contribution in [0.3, 0.4) is 0 Å². The summed E-state index contributed by atoms with van der Waals surface area (Å²) in [7, 11) is 3.33. The van der Waals surface area contributed by atoms with Gasteiger partial charge in [0.15, 0.2) is 0 Å². The average Bonchev–Trinajstić information content (AvgIpc) is 3.22. The SMILES string of the molecule is COC(=O)c1cc2cccc(-c3c(C)nn(C)c3-c3ccccc3)c2[nH]1. The maximum atomic E-state index is 11.9. The number of methoxy groups -OCH3 is 1. The minimum absolute atomic E-state index is 0.377. The van der Waals surface area contributed by atoms with E-state index >= 15 is 0 Å². The number of hydrogen-bond donors (Lipinski definition) is 1. The van der Waals surface area contributed by atoms with Crippen molar-refractivity contribution in [3.63, 3.8) is 0 Å². The van der Waals surface area contributed by atoms with Crippen molar-refractivity contribution in [2.45, 2.75) is 6.92 Å². The second-order valence-corrected chi connectivity index (χ2v) is 6.24. The number of benzene rings is 2. The molecule has 4 aromatic rings. The fraction of sp³-hybridized carbons (Fsp3) is 0.143. The fourth-order valence-electron chi connectivity index (χ4n) is 3.49. The highest BCUT2D eigenvalue weighted by Gasteiger charge is 2.20. The maximum Gasteiger partial charge on any atom is 0.354 e. The maximum absolute atomic E-state index is 11.9. The molecule has 0 aliphatic rings. The number of esters is 1. The summed E-state index contributed by atoms with van der Waals surface area (Å²) in [5, 5.41) is 5.60. The molecule has 2 heterocycles. The number of para-hydroxylation sites is 1. The molecule has 0 radical (unpaired) electrons. The van der Waals surface area contributed by atoms with E-state index in [1.165, 1.54) is 7.11 Å². The second kappa shape index (κ2) is 6.19. The molecule has 0 unspecified atom stereocenters. The van der Waals surface area contributed by atoms with Crippen LogP contribution in [0.25, 0.3) is 33.3 Å². The third-order valence-corrected chi connectivity index (χ3v) is 4.60. The van der Waals surface area contributed by atoms with Gasteiger partial charge in [-0.15, -0.1) is 0 Å². The summed E-state index contributed by atoms with van der Waals surface area (Å²) in [6.45, 7) is 2.00. The fourth-order valence-corrected chi connectivity index (χ4v) is 3.49. The lowest BCUT2D eigenvalue weighted by Crippen LogP contribution is -2.00. The van der Waals surface area contributed by atoms with Crippen LogP contribution in [-0.2, 0) is 11.8 Å². The lowest BCUT2D eigenvalue weighted by atomic mass is 9.97. The van der Waals surface area contributed by atoms with Gasteiger partial charge in [0.2, 0.25) is 0 Å². The number of H-pyrrole nitrogens is 1. The Labute approximate surface area is 151 Å². The second-order valence-electron chi connectivity index (χ2n) is 6.24. The molecule has 130 valence electrons. The number of fused-ring (bicyclic) bond motifs is 1. The molecule has 2 aromatic heterocycles. The number of ether oxygens (including phenoxy) is 1. The predicted molar refractivity (Wildman–Crippen MR) is 102 cm³/mol. The largest absolute Gasteiger partial charge is 0.464 e. The van der Waals surface area contributed by atoms with Crippen molar-refractivity contribution in [2.24, 2.45) is 7.05 Å². The molecule has 5 heteroatoms. The highest BCUT2D eigenvalue weighted by atomic mass is 16.5. The molecule has 0 spiro atoms. The van der Waals surface area contributed by atoms with Crippen LogP contribution in [0.2, 0.25) is 0 Å². The van der Waals surface area contributed by atoms with Gasteiger partial charge in [0.1, 0.15) is 5.69 Å². The van der Waals surface area contributed by atoms with E-state index in [0.29, 0.717) is 5.69 Å². The number of nitrogens with one attached hydrogen (secondary N) is 1. The van der Waals surface area contributed by atoms with Crippen molar-refractivity contribution in [3.8, 4) is 22.4 Å². The highest BCUT2D eigenvalue weighted by Crippen LogP contribution is 2.38. The van der Waals surface area contributed by atoms with Crippen LogP contribution in [0, 0.1) is 6.92 Å². The number of aromatic amines is 1. The number of aromatic nitrogens is 3. The summed E-state index contributed by atoms with van der Waals surface area (Å²) < 4.78 is 6.75. The van der Waals surface area contributed by atoms with E-state index in [4.69, 9.17) is 4.74 Å². The van der Waals surface area contributed by atoms with Gasteiger partial charge in [-0.1, -0.05) is 48.5 Å². The van der Waals surface area contributed by atoms with E-state index < -0.39 is 0 Å². The number of hydrogen-bond acceptors (Lipinski definition) is 3. The highest BCUT2D eigenvalue weighted by molar-refractivity contribution is 6.02. The smallest absolute Gasteiger partial charge is 0.354 e. The number of rotatable bonds is 3. The Balaban J connectivity index is 2.00. The van der Waals surface area contributed by atoms with E-state index in [1.807, 2.05) is 55.1 Å². The zero-order valence-electron chi connectivity index (χ0n) is 14.9. The molecule has 0 amide bonds. The molecule has 0 saturated heterocycles. The molecule has 26 heavy (non-hydrogen) atoms. The van der Waals surface area contributed by atoms with Gasteiger partial charge in [-0.3, -0.25) is 4.68 Å². The van der Waals surface area contributed by atoms with Gasteiger partial charge in [-0.25, -0.2) is 4.79 Å². The minimum atomic E-state index is -0.377. The molecule has 0 aliphatic heterocycles. The lowest BCUT2D eigenvalue weighted by molar-refractivity contribution is 0.0595. The van der Waals surface area contributed by atoms with Gasteiger partial charge in [-0.05, 0) is 13.0 Å². The molecule has 1 N–H and O–H groups in total. The lowest BCUT2D eigenvalue weighted by Gasteiger charge is -2.09. The third-order valence-electron chi connectivity index (χ3n) is 4.60. The van der Waals surface area contributed by atoms with Crippen molar-refractivity contribution in [3.05, 3.63) is 66.0 Å².